The molecule has 3 aromatic rings. The van der Waals surface area contributed by atoms with E-state index in [1.54, 1.807) is 36.4 Å². The van der Waals surface area contributed by atoms with Gasteiger partial charge in [0.2, 0.25) is 21.8 Å². The molecule has 1 atom stereocenters. The molecule has 9 nitrogen and oxygen atoms in total. The van der Waals surface area contributed by atoms with E-state index in [4.69, 9.17) is 4.42 Å². The molecular weight excluding hydrogens is 573 g/mol. The van der Waals surface area contributed by atoms with Crippen LogP contribution >= 0.6 is 22.6 Å². The van der Waals surface area contributed by atoms with Gasteiger partial charge in [-0.05, 0) is 83.3 Å². The van der Waals surface area contributed by atoms with Gasteiger partial charge in [0.1, 0.15) is 11.8 Å². The highest BCUT2D eigenvalue weighted by Gasteiger charge is 2.47. The largest absolute Gasteiger partial charge is 0.468 e. The Morgan fingerprint density at radius 2 is 1.79 bits per heavy atom. The van der Waals surface area contributed by atoms with Crippen LogP contribution in [0, 0.1) is 3.57 Å². The molecule has 0 bridgehead atoms. The highest BCUT2D eigenvalue weighted by atomic mass is 127. The van der Waals surface area contributed by atoms with E-state index in [1.807, 2.05) is 0 Å². The van der Waals surface area contributed by atoms with Gasteiger partial charge in [0.05, 0.1) is 29.8 Å². The molecule has 34 heavy (non-hydrogen) atoms. The SMILES string of the molecule is CC(=O)Nc1ccc(S(=O)(=O)N(Cc2ccco2)C2CC(=O)N(c3ccc(I)cc3)C2=O)cc1. The summed E-state index contributed by atoms with van der Waals surface area (Å²) < 4.78 is 34.5. The molecule has 1 saturated heterocycles. The Hall–Kier alpha value is -3.03. The predicted octanol–water partition coefficient (Wildman–Crippen LogP) is 3.37. The van der Waals surface area contributed by atoms with Crippen molar-refractivity contribution >= 4 is 61.7 Å². The second-order valence-electron chi connectivity index (χ2n) is 7.60. The third kappa shape index (κ3) is 4.91. The molecule has 3 amide bonds. The number of hydrogen-bond acceptors (Lipinski definition) is 6. The van der Waals surface area contributed by atoms with E-state index in [9.17, 15) is 22.8 Å². The van der Waals surface area contributed by atoms with Crippen LogP contribution in [0.2, 0.25) is 0 Å². The topological polar surface area (TPSA) is 117 Å². The average Bonchev–Trinajstić information content (AvgIpc) is 3.40. The predicted molar refractivity (Wildman–Crippen MR) is 132 cm³/mol. The van der Waals surface area contributed by atoms with E-state index in [2.05, 4.69) is 27.9 Å². The molecule has 0 aliphatic carbocycles. The quantitative estimate of drug-likeness (QED) is 0.332. The maximum absolute atomic E-state index is 13.6. The normalized spacial score (nSPS) is 16.3. The van der Waals surface area contributed by atoms with E-state index in [0.717, 1.165) is 12.8 Å². The molecular formula is C23H20IN3O6S. The number of halogens is 1. The van der Waals surface area contributed by atoms with Crippen LogP contribution in [0.25, 0.3) is 0 Å². The first-order valence-corrected chi connectivity index (χ1v) is 12.7. The van der Waals surface area contributed by atoms with Crippen LogP contribution in [0.4, 0.5) is 11.4 Å². The molecule has 0 radical (unpaired) electrons. The van der Waals surface area contributed by atoms with E-state index >= 15 is 0 Å². The van der Waals surface area contributed by atoms with E-state index in [1.165, 1.54) is 37.5 Å². The fourth-order valence-corrected chi connectivity index (χ4v) is 5.58. The van der Waals surface area contributed by atoms with Crippen LogP contribution in [0.15, 0.2) is 76.2 Å². The van der Waals surface area contributed by atoms with Gasteiger partial charge in [-0.3, -0.25) is 14.4 Å². The molecule has 11 heteroatoms. The van der Waals surface area contributed by atoms with E-state index < -0.39 is 27.9 Å². The number of nitrogens with one attached hydrogen (secondary N) is 1. The molecule has 0 saturated carbocycles. The molecule has 4 rings (SSSR count). The zero-order valence-electron chi connectivity index (χ0n) is 18.0. The molecule has 1 N–H and O–H groups in total. The number of nitrogens with zero attached hydrogens (tertiary/aromatic N) is 2. The average molecular weight is 593 g/mol. The summed E-state index contributed by atoms with van der Waals surface area (Å²) in [5, 5.41) is 2.58. The maximum atomic E-state index is 13.6. The maximum Gasteiger partial charge on any atom is 0.252 e. The molecule has 1 unspecified atom stereocenters. The minimum atomic E-state index is -4.21. The van der Waals surface area contributed by atoms with Crippen molar-refractivity contribution in [2.45, 2.75) is 30.8 Å². The minimum Gasteiger partial charge on any atom is -0.468 e. The van der Waals surface area contributed by atoms with Gasteiger partial charge in [-0.25, -0.2) is 13.3 Å². The number of furan rings is 1. The lowest BCUT2D eigenvalue weighted by Crippen LogP contribution is -2.45. The molecule has 1 aromatic heterocycles. The first-order chi connectivity index (χ1) is 16.2. The Labute approximate surface area is 209 Å². The van der Waals surface area contributed by atoms with Gasteiger partial charge < -0.3 is 9.73 Å². The number of anilines is 2. The van der Waals surface area contributed by atoms with Gasteiger partial charge >= 0.3 is 0 Å². The van der Waals surface area contributed by atoms with Crippen molar-refractivity contribution in [2.75, 3.05) is 10.2 Å². The molecule has 176 valence electrons. The van der Waals surface area contributed by atoms with Gasteiger partial charge in [-0.1, -0.05) is 0 Å². The number of rotatable bonds is 7. The van der Waals surface area contributed by atoms with E-state index in [-0.39, 0.29) is 23.8 Å². The smallest absolute Gasteiger partial charge is 0.252 e. The van der Waals surface area contributed by atoms with Crippen molar-refractivity contribution in [3.8, 4) is 0 Å². The molecule has 2 aromatic carbocycles. The third-order valence-electron chi connectivity index (χ3n) is 5.23. The van der Waals surface area contributed by atoms with Crippen molar-refractivity contribution in [1.29, 1.82) is 0 Å². The summed E-state index contributed by atoms with van der Waals surface area (Å²) >= 11 is 2.11. The number of amides is 3. The molecule has 2 heterocycles. The minimum absolute atomic E-state index is 0.0823. The number of benzene rings is 2. The lowest BCUT2D eigenvalue weighted by atomic mass is 10.2. The van der Waals surface area contributed by atoms with Gasteiger partial charge in [0, 0.05) is 16.2 Å². The fraction of sp³-hybridized carbons (Fsp3) is 0.174. The second kappa shape index (κ2) is 9.68. The van der Waals surface area contributed by atoms with Gasteiger partial charge in [-0.2, -0.15) is 4.31 Å². The van der Waals surface area contributed by atoms with Gasteiger partial charge in [0.15, 0.2) is 0 Å². The number of sulfonamides is 1. The van der Waals surface area contributed by atoms with Crippen molar-refractivity contribution in [1.82, 2.24) is 4.31 Å². The standard InChI is InChI=1S/C23H20IN3O6S/c1-15(28)25-17-6-10-20(11-7-17)34(31,32)26(14-19-3-2-12-33-19)21-13-22(29)27(23(21)30)18-8-4-16(24)5-9-18/h2-12,21H,13-14H2,1H3,(H,25,28). The van der Waals surface area contributed by atoms with Crippen molar-refractivity contribution < 1.29 is 27.2 Å². The summed E-state index contributed by atoms with van der Waals surface area (Å²) in [6.45, 7) is 1.12. The zero-order valence-corrected chi connectivity index (χ0v) is 20.9. The van der Waals surface area contributed by atoms with Gasteiger partial charge in [0.25, 0.3) is 5.91 Å². The van der Waals surface area contributed by atoms with Crippen molar-refractivity contribution in [2.24, 2.45) is 0 Å². The number of imide groups is 1. The third-order valence-corrected chi connectivity index (χ3v) is 7.82. The number of carbonyl (C=O) groups is 3. The first-order valence-electron chi connectivity index (χ1n) is 10.2. The summed E-state index contributed by atoms with van der Waals surface area (Å²) in [4.78, 5) is 38.4. The van der Waals surface area contributed by atoms with Crippen LogP contribution in [-0.4, -0.2) is 36.5 Å². The monoisotopic (exact) mass is 593 g/mol. The summed E-state index contributed by atoms with van der Waals surface area (Å²) in [7, 11) is -4.21. The van der Waals surface area contributed by atoms with Crippen LogP contribution in [0.5, 0.6) is 0 Å². The Morgan fingerprint density at radius 1 is 1.12 bits per heavy atom. The van der Waals surface area contributed by atoms with Crippen LogP contribution in [-0.2, 0) is 31.0 Å². The summed E-state index contributed by atoms with van der Waals surface area (Å²) in [5.41, 5.74) is 0.814. The van der Waals surface area contributed by atoms with Crippen LogP contribution in [0.1, 0.15) is 19.1 Å². The zero-order chi connectivity index (χ0) is 24.5. The molecule has 0 spiro atoms. The first kappa shape index (κ1) is 24.1. The highest BCUT2D eigenvalue weighted by Crippen LogP contribution is 2.31. The highest BCUT2D eigenvalue weighted by molar-refractivity contribution is 14.1. The Kier molecular flexibility index (Phi) is 6.86. The lowest BCUT2D eigenvalue weighted by Gasteiger charge is -2.26. The van der Waals surface area contributed by atoms with Crippen LogP contribution < -0.4 is 10.2 Å². The van der Waals surface area contributed by atoms with Gasteiger partial charge in [-0.15, -0.1) is 0 Å². The van der Waals surface area contributed by atoms with E-state index in [0.29, 0.717) is 17.1 Å². The number of hydrogen-bond donors (Lipinski definition) is 1. The summed E-state index contributed by atoms with van der Waals surface area (Å²) in [6.07, 6.45) is 1.11. The van der Waals surface area contributed by atoms with Crippen molar-refractivity contribution in [3.05, 3.63) is 76.3 Å². The van der Waals surface area contributed by atoms with Crippen molar-refractivity contribution in [3.63, 3.8) is 0 Å². The second-order valence-corrected chi connectivity index (χ2v) is 10.7. The lowest BCUT2D eigenvalue weighted by molar-refractivity contribution is -0.122. The Balaban J connectivity index is 1.70. The number of carbonyl (C=O) groups excluding carboxylic acids is 3. The Bertz CT molecular complexity index is 1320. The molecule has 1 aliphatic rings. The van der Waals surface area contributed by atoms with Crippen LogP contribution in [0.3, 0.4) is 0 Å². The fourth-order valence-electron chi connectivity index (χ4n) is 3.67. The molecule has 1 fully saturated rings. The summed E-state index contributed by atoms with van der Waals surface area (Å²) in [6, 6.07) is 14.4. The summed E-state index contributed by atoms with van der Waals surface area (Å²) in [5.74, 6) is -1.08. The molecule has 1 aliphatic heterocycles. The Morgan fingerprint density at radius 3 is 2.38 bits per heavy atom.